The second kappa shape index (κ2) is 13.8. The van der Waals surface area contributed by atoms with Crippen LogP contribution in [0, 0.1) is 11.8 Å². The Balaban J connectivity index is -0.000000399. The fourth-order valence-corrected chi connectivity index (χ4v) is 1.24. The van der Waals surface area contributed by atoms with Gasteiger partial charge in [-0.1, -0.05) is 60.1 Å². The van der Waals surface area contributed by atoms with Crippen LogP contribution in [0.1, 0.15) is 60.1 Å². The van der Waals surface area contributed by atoms with Gasteiger partial charge < -0.3 is 0 Å². The molecule has 16 heavy (non-hydrogen) atoms. The number of hydrogen-bond acceptors (Lipinski definition) is 0. The molecule has 0 bridgehead atoms. The largest absolute Gasteiger partial charge is 0.101 e. The lowest BCUT2D eigenvalue weighted by atomic mass is 10.1. The summed E-state index contributed by atoms with van der Waals surface area (Å²) in [5.74, 6) is 5.96. The van der Waals surface area contributed by atoms with E-state index in [1.807, 2.05) is 20.8 Å². The van der Waals surface area contributed by atoms with Gasteiger partial charge in [0.05, 0.1) is 0 Å². The van der Waals surface area contributed by atoms with E-state index in [1.54, 1.807) is 0 Å². The Bertz CT molecular complexity index is 299. The predicted octanol–water partition coefficient (Wildman–Crippen LogP) is 5.31. The van der Waals surface area contributed by atoms with Crippen LogP contribution in [0.5, 0.6) is 0 Å². The maximum absolute atomic E-state index is 3.06. The summed E-state index contributed by atoms with van der Waals surface area (Å²) in [6, 6.07) is 8.45. The molecule has 0 N–H and O–H groups in total. The fraction of sp³-hybridized carbons (Fsp3) is 0.500. The summed E-state index contributed by atoms with van der Waals surface area (Å²) in [7, 11) is 0. The number of rotatable bonds is 2. The van der Waals surface area contributed by atoms with Crippen LogP contribution in [0.25, 0.3) is 0 Å². The van der Waals surface area contributed by atoms with Crippen molar-refractivity contribution in [3.8, 4) is 11.8 Å². The van der Waals surface area contributed by atoms with Crippen LogP contribution in [-0.2, 0) is 6.42 Å². The summed E-state index contributed by atoms with van der Waals surface area (Å²) in [5, 5.41) is 0. The number of hydrogen-bond donors (Lipinski definition) is 0. The molecule has 0 unspecified atom stereocenters. The lowest BCUT2D eigenvalue weighted by Gasteiger charge is -1.97. The first-order valence-corrected chi connectivity index (χ1v) is 5.38. The summed E-state index contributed by atoms with van der Waals surface area (Å²) in [6.45, 7) is 8.06. The molecule has 0 aliphatic heterocycles. The van der Waals surface area contributed by atoms with Crippen molar-refractivity contribution in [3.63, 3.8) is 0 Å². The van der Waals surface area contributed by atoms with Crippen LogP contribution in [0.2, 0.25) is 0 Å². The standard InChI is InChI=1S/C12H14.C2H6.2CH4/c1-3-6-11-8-5-9-12(10-11)7-4-2;1-2;;/h5,8-10H,3,6H2,1-2H3;1-2H3;2*1H4. The average molecular weight is 220 g/mol. The van der Waals surface area contributed by atoms with Crippen molar-refractivity contribution in [3.05, 3.63) is 35.4 Å². The Labute approximate surface area is 103 Å². The normalized spacial score (nSPS) is 7.00. The highest BCUT2D eigenvalue weighted by molar-refractivity contribution is 5.36. The van der Waals surface area contributed by atoms with E-state index < -0.39 is 0 Å². The number of aryl methyl sites for hydroxylation is 1. The van der Waals surface area contributed by atoms with Crippen molar-refractivity contribution < 1.29 is 0 Å². The van der Waals surface area contributed by atoms with Crippen LogP contribution in [-0.4, -0.2) is 0 Å². The van der Waals surface area contributed by atoms with Crippen LogP contribution < -0.4 is 0 Å². The third kappa shape index (κ3) is 8.12. The van der Waals surface area contributed by atoms with E-state index in [4.69, 9.17) is 0 Å². The highest BCUT2D eigenvalue weighted by atomic mass is 14.0. The second-order valence-corrected chi connectivity index (χ2v) is 2.83. The Kier molecular flexibility index (Phi) is 17.4. The molecule has 92 valence electrons. The minimum absolute atomic E-state index is 0. The molecular formula is C16H28. The van der Waals surface area contributed by atoms with Crippen LogP contribution in [0.15, 0.2) is 24.3 Å². The van der Waals surface area contributed by atoms with E-state index in [-0.39, 0.29) is 14.9 Å². The molecule has 0 aliphatic carbocycles. The smallest absolute Gasteiger partial charge is 0.0247 e. The molecule has 0 fully saturated rings. The zero-order valence-corrected chi connectivity index (χ0v) is 9.72. The van der Waals surface area contributed by atoms with Crippen molar-refractivity contribution in [2.45, 2.75) is 55.4 Å². The first-order valence-electron chi connectivity index (χ1n) is 5.38. The molecule has 1 rings (SSSR count). The van der Waals surface area contributed by atoms with Gasteiger partial charge in [0.15, 0.2) is 0 Å². The summed E-state index contributed by atoms with van der Waals surface area (Å²) in [6.07, 6.45) is 2.35. The zero-order valence-electron chi connectivity index (χ0n) is 9.72. The molecular weight excluding hydrogens is 192 g/mol. The van der Waals surface area contributed by atoms with E-state index in [9.17, 15) is 0 Å². The topological polar surface area (TPSA) is 0 Å². The van der Waals surface area contributed by atoms with Gasteiger partial charge in [-0.15, -0.1) is 5.92 Å². The lowest BCUT2D eigenvalue weighted by molar-refractivity contribution is 0.921. The molecule has 1 aromatic carbocycles. The summed E-state index contributed by atoms with van der Waals surface area (Å²) < 4.78 is 0. The van der Waals surface area contributed by atoms with E-state index in [1.165, 1.54) is 12.0 Å². The summed E-state index contributed by atoms with van der Waals surface area (Å²) in [4.78, 5) is 0. The minimum atomic E-state index is 0. The van der Waals surface area contributed by atoms with Crippen LogP contribution >= 0.6 is 0 Å². The average Bonchev–Trinajstić information content (AvgIpc) is 2.22. The molecule has 0 atom stereocenters. The van der Waals surface area contributed by atoms with Crippen LogP contribution in [0.4, 0.5) is 0 Å². The molecule has 0 heteroatoms. The molecule has 0 radical (unpaired) electrons. The van der Waals surface area contributed by atoms with Crippen molar-refractivity contribution in [2.24, 2.45) is 0 Å². The molecule has 0 amide bonds. The van der Waals surface area contributed by atoms with E-state index in [0.29, 0.717) is 0 Å². The van der Waals surface area contributed by atoms with Gasteiger partial charge in [-0.05, 0) is 31.0 Å². The summed E-state index contributed by atoms with van der Waals surface area (Å²) in [5.41, 5.74) is 2.52. The Morgan fingerprint density at radius 2 is 1.75 bits per heavy atom. The first-order chi connectivity index (χ1) is 6.86. The molecule has 0 aliphatic rings. The van der Waals surface area contributed by atoms with Gasteiger partial charge in [0, 0.05) is 5.56 Å². The van der Waals surface area contributed by atoms with E-state index in [0.717, 1.165) is 12.0 Å². The quantitative estimate of drug-likeness (QED) is 0.593. The van der Waals surface area contributed by atoms with Crippen molar-refractivity contribution in [2.75, 3.05) is 0 Å². The van der Waals surface area contributed by atoms with Gasteiger partial charge in [-0.3, -0.25) is 0 Å². The van der Waals surface area contributed by atoms with Crippen molar-refractivity contribution in [1.82, 2.24) is 0 Å². The molecule has 0 saturated heterocycles. The monoisotopic (exact) mass is 220 g/mol. The molecule has 0 nitrogen and oxygen atoms in total. The third-order valence-electron chi connectivity index (χ3n) is 1.73. The Morgan fingerprint density at radius 1 is 1.12 bits per heavy atom. The highest BCUT2D eigenvalue weighted by Gasteiger charge is 1.91. The summed E-state index contributed by atoms with van der Waals surface area (Å²) >= 11 is 0. The Morgan fingerprint density at radius 3 is 2.25 bits per heavy atom. The van der Waals surface area contributed by atoms with Gasteiger partial charge in [0.25, 0.3) is 0 Å². The van der Waals surface area contributed by atoms with Crippen molar-refractivity contribution in [1.29, 1.82) is 0 Å². The lowest BCUT2D eigenvalue weighted by Crippen LogP contribution is -1.83. The van der Waals surface area contributed by atoms with Crippen molar-refractivity contribution >= 4 is 0 Å². The molecule has 0 saturated carbocycles. The minimum Gasteiger partial charge on any atom is -0.101 e. The maximum Gasteiger partial charge on any atom is 0.0247 e. The van der Waals surface area contributed by atoms with Gasteiger partial charge in [0.2, 0.25) is 0 Å². The fourth-order valence-electron chi connectivity index (χ4n) is 1.24. The van der Waals surface area contributed by atoms with Gasteiger partial charge in [-0.25, -0.2) is 0 Å². The van der Waals surface area contributed by atoms with Gasteiger partial charge in [-0.2, -0.15) is 0 Å². The second-order valence-electron chi connectivity index (χ2n) is 2.83. The predicted molar refractivity (Wildman–Crippen MR) is 77.8 cm³/mol. The first kappa shape index (κ1) is 20.2. The molecule has 0 spiro atoms. The van der Waals surface area contributed by atoms with E-state index >= 15 is 0 Å². The SMILES string of the molecule is C.C.CC.CC#Cc1cccc(CCC)c1. The Hall–Kier alpha value is -1.22. The maximum atomic E-state index is 3.06. The molecule has 1 aromatic rings. The van der Waals surface area contributed by atoms with E-state index in [2.05, 4.69) is 43.0 Å². The van der Waals surface area contributed by atoms with Gasteiger partial charge in [0.1, 0.15) is 0 Å². The number of benzene rings is 1. The molecule has 0 aromatic heterocycles. The zero-order chi connectivity index (χ0) is 10.8. The van der Waals surface area contributed by atoms with Gasteiger partial charge >= 0.3 is 0 Å². The van der Waals surface area contributed by atoms with Crippen LogP contribution in [0.3, 0.4) is 0 Å². The molecule has 0 heterocycles. The third-order valence-corrected chi connectivity index (χ3v) is 1.73. The highest BCUT2D eigenvalue weighted by Crippen LogP contribution is 2.06.